The predicted octanol–water partition coefficient (Wildman–Crippen LogP) is 4.73. The summed E-state index contributed by atoms with van der Waals surface area (Å²) in [6.45, 7) is 0. The van der Waals surface area contributed by atoms with Crippen LogP contribution < -0.4 is 4.67 Å². The molecule has 4 rings (SSSR count). The molecule has 0 amide bonds. The molecule has 0 aliphatic carbocycles. The standard InChI is InChI=1S/C25H20N/c1-4-11-21(12-5-1)25(22-13-6-2-7-14-22,23-15-8-3-9-16-23)24-17-10-19-26-20-18-24/h1-20H/q+1. The topological polar surface area (TPSA) is 14.1 Å². The van der Waals surface area contributed by atoms with Gasteiger partial charge in [-0.2, -0.15) is 0 Å². The maximum absolute atomic E-state index is 4.30. The van der Waals surface area contributed by atoms with E-state index in [0.29, 0.717) is 0 Å². The Morgan fingerprint density at radius 1 is 0.538 bits per heavy atom. The van der Waals surface area contributed by atoms with Gasteiger partial charge in [0.15, 0.2) is 0 Å². The van der Waals surface area contributed by atoms with Crippen molar-refractivity contribution in [1.29, 1.82) is 0 Å². The molecule has 0 saturated heterocycles. The van der Waals surface area contributed by atoms with Gasteiger partial charge in [-0.3, -0.25) is 0 Å². The maximum Gasteiger partial charge on any atom is 0.292 e. The number of hydrogen-bond acceptors (Lipinski definition) is 0. The molecule has 0 unspecified atom stereocenters. The second-order valence-electron chi connectivity index (χ2n) is 6.28. The number of benzene rings is 3. The highest BCUT2D eigenvalue weighted by Crippen LogP contribution is 2.45. The monoisotopic (exact) mass is 334 g/mol. The third-order valence-corrected chi connectivity index (χ3v) is 4.84. The molecule has 1 aliphatic rings. The average Bonchev–Trinajstić information content (AvgIpc) is 3.01. The fraction of sp³-hybridized carbons (Fsp3) is 0.0400. The van der Waals surface area contributed by atoms with Gasteiger partial charge < -0.3 is 0 Å². The van der Waals surface area contributed by atoms with E-state index in [0.717, 1.165) is 0 Å². The lowest BCUT2D eigenvalue weighted by molar-refractivity contribution is 0.745. The lowest BCUT2D eigenvalue weighted by atomic mass is 9.64. The molecule has 26 heavy (non-hydrogen) atoms. The van der Waals surface area contributed by atoms with Crippen molar-refractivity contribution < 1.29 is 0 Å². The van der Waals surface area contributed by atoms with Crippen LogP contribution in [0.2, 0.25) is 0 Å². The first-order chi connectivity index (χ1) is 12.9. The lowest BCUT2D eigenvalue weighted by Crippen LogP contribution is -2.31. The highest BCUT2D eigenvalue weighted by atomic mass is 14.5. The highest BCUT2D eigenvalue weighted by Gasteiger charge is 2.39. The molecule has 0 N–H and O–H groups in total. The summed E-state index contributed by atoms with van der Waals surface area (Å²) in [7, 11) is 0. The Labute approximate surface area is 154 Å². The van der Waals surface area contributed by atoms with Gasteiger partial charge in [0.1, 0.15) is 0 Å². The Hall–Kier alpha value is -3.41. The van der Waals surface area contributed by atoms with Crippen molar-refractivity contribution >= 4 is 12.4 Å². The minimum absolute atomic E-state index is 0.398. The van der Waals surface area contributed by atoms with E-state index in [1.165, 1.54) is 22.3 Å². The Balaban J connectivity index is 2.11. The molecule has 3 aromatic carbocycles. The summed E-state index contributed by atoms with van der Waals surface area (Å²) in [6.07, 6.45) is 10.0. The van der Waals surface area contributed by atoms with Gasteiger partial charge in [0, 0.05) is 12.2 Å². The van der Waals surface area contributed by atoms with Gasteiger partial charge in [0.05, 0.1) is 5.41 Å². The SMILES string of the molecule is C1=CC(C(c2ccccc2)(c2ccccc2)c2ccccc2)=CC=[N+]=C1. The average molecular weight is 334 g/mol. The summed E-state index contributed by atoms with van der Waals surface area (Å²) in [5.74, 6) is 0. The van der Waals surface area contributed by atoms with Crippen LogP contribution in [0.1, 0.15) is 16.7 Å². The Morgan fingerprint density at radius 2 is 1.00 bits per heavy atom. The molecule has 0 aromatic heterocycles. The first-order valence-electron chi connectivity index (χ1n) is 8.83. The number of nitrogens with zero attached hydrogens (tertiary/aromatic N) is 1. The minimum Gasteiger partial charge on any atom is -0.101 e. The molecule has 1 aliphatic heterocycles. The van der Waals surface area contributed by atoms with E-state index >= 15 is 0 Å². The molecule has 124 valence electrons. The first-order valence-corrected chi connectivity index (χ1v) is 8.83. The fourth-order valence-corrected chi connectivity index (χ4v) is 3.74. The van der Waals surface area contributed by atoms with Crippen LogP contribution in [0, 0.1) is 0 Å². The molecule has 0 fully saturated rings. The van der Waals surface area contributed by atoms with Crippen molar-refractivity contribution in [2.24, 2.45) is 0 Å². The molecule has 0 atom stereocenters. The third-order valence-electron chi connectivity index (χ3n) is 4.84. The Kier molecular flexibility index (Phi) is 4.47. The van der Waals surface area contributed by atoms with E-state index in [9.17, 15) is 0 Å². The van der Waals surface area contributed by atoms with Crippen molar-refractivity contribution in [2.75, 3.05) is 0 Å². The number of hydrogen-bond donors (Lipinski definition) is 0. The van der Waals surface area contributed by atoms with E-state index < -0.39 is 5.41 Å². The summed E-state index contributed by atoms with van der Waals surface area (Å²) in [5.41, 5.74) is 4.51. The smallest absolute Gasteiger partial charge is 0.101 e. The van der Waals surface area contributed by atoms with Crippen LogP contribution in [0.15, 0.2) is 115 Å². The number of allylic oxidation sites excluding steroid dienone is 4. The van der Waals surface area contributed by atoms with E-state index in [4.69, 9.17) is 0 Å². The summed E-state index contributed by atoms with van der Waals surface area (Å²) >= 11 is 0. The molecule has 0 bridgehead atoms. The Bertz CT molecular complexity index is 893. The number of rotatable bonds is 4. The molecular formula is C25H20N+. The molecule has 1 heteroatoms. The molecule has 0 spiro atoms. The minimum atomic E-state index is -0.398. The zero-order valence-corrected chi connectivity index (χ0v) is 14.5. The van der Waals surface area contributed by atoms with E-state index in [1.807, 2.05) is 18.5 Å². The van der Waals surface area contributed by atoms with Crippen molar-refractivity contribution in [3.05, 3.63) is 131 Å². The first kappa shape index (κ1) is 16.1. The van der Waals surface area contributed by atoms with Gasteiger partial charge in [-0.05, 0) is 22.3 Å². The van der Waals surface area contributed by atoms with Crippen LogP contribution in [-0.2, 0) is 5.41 Å². The molecular weight excluding hydrogens is 314 g/mol. The summed E-state index contributed by atoms with van der Waals surface area (Å²) < 4.78 is 4.30. The van der Waals surface area contributed by atoms with Crippen LogP contribution in [0.5, 0.6) is 0 Å². The van der Waals surface area contributed by atoms with Gasteiger partial charge in [-0.1, -0.05) is 97.1 Å². The van der Waals surface area contributed by atoms with Gasteiger partial charge >= 0.3 is 0 Å². The zero-order chi connectivity index (χ0) is 17.7. The lowest BCUT2D eigenvalue weighted by Gasteiger charge is -2.37. The molecule has 3 aromatic rings. The molecule has 0 radical (unpaired) electrons. The quantitative estimate of drug-likeness (QED) is 0.484. The zero-order valence-electron chi connectivity index (χ0n) is 14.5. The maximum atomic E-state index is 4.30. The summed E-state index contributed by atoms with van der Waals surface area (Å²) in [4.78, 5) is 0. The van der Waals surface area contributed by atoms with Crippen molar-refractivity contribution in [3.8, 4) is 0 Å². The molecule has 0 saturated carbocycles. The van der Waals surface area contributed by atoms with Crippen LogP contribution >= 0.6 is 0 Å². The van der Waals surface area contributed by atoms with Gasteiger partial charge in [0.25, 0.3) is 12.4 Å². The second-order valence-corrected chi connectivity index (χ2v) is 6.28. The summed E-state index contributed by atoms with van der Waals surface area (Å²) in [6, 6.07) is 32.1. The molecule has 1 nitrogen and oxygen atoms in total. The van der Waals surface area contributed by atoms with Crippen molar-refractivity contribution in [3.63, 3.8) is 0 Å². The Morgan fingerprint density at radius 3 is 1.46 bits per heavy atom. The van der Waals surface area contributed by atoms with E-state index in [2.05, 4.69) is 108 Å². The second kappa shape index (κ2) is 7.23. The highest BCUT2D eigenvalue weighted by molar-refractivity contribution is 5.84. The largest absolute Gasteiger partial charge is 0.292 e. The van der Waals surface area contributed by atoms with E-state index in [-0.39, 0.29) is 0 Å². The van der Waals surface area contributed by atoms with E-state index in [1.54, 1.807) is 0 Å². The van der Waals surface area contributed by atoms with Crippen molar-refractivity contribution in [1.82, 2.24) is 4.67 Å². The predicted molar refractivity (Wildman–Crippen MR) is 111 cm³/mol. The van der Waals surface area contributed by atoms with Crippen LogP contribution in [0.4, 0.5) is 0 Å². The van der Waals surface area contributed by atoms with Crippen molar-refractivity contribution in [2.45, 2.75) is 5.41 Å². The molecule has 1 heterocycles. The normalized spacial score (nSPS) is 13.3. The summed E-state index contributed by atoms with van der Waals surface area (Å²) in [5, 5.41) is 0. The van der Waals surface area contributed by atoms with Crippen LogP contribution in [0.3, 0.4) is 0 Å². The van der Waals surface area contributed by atoms with Gasteiger partial charge in [0.2, 0.25) is 0 Å². The van der Waals surface area contributed by atoms with Crippen LogP contribution in [0.25, 0.3) is 0 Å². The fourth-order valence-electron chi connectivity index (χ4n) is 3.74. The van der Waals surface area contributed by atoms with Crippen LogP contribution in [-0.4, -0.2) is 12.4 Å². The van der Waals surface area contributed by atoms with Gasteiger partial charge in [-0.25, -0.2) is 0 Å². The third kappa shape index (κ3) is 2.75. The van der Waals surface area contributed by atoms with Gasteiger partial charge in [-0.15, -0.1) is 4.67 Å².